The van der Waals surface area contributed by atoms with Gasteiger partial charge in [-0.25, -0.2) is 4.79 Å². The van der Waals surface area contributed by atoms with Gasteiger partial charge < -0.3 is 9.52 Å². The minimum absolute atomic E-state index is 0.511. The molecule has 3 nitrogen and oxygen atoms in total. The number of carboxylic acids is 1. The molecule has 0 spiro atoms. The molecule has 0 bridgehead atoms. The Morgan fingerprint density at radius 3 is 2.39 bits per heavy atom. The number of aryl methyl sites for hydroxylation is 1. The minimum Gasteiger partial charge on any atom is -0.478 e. The molecule has 0 aliphatic carbocycles. The molecule has 1 rings (SSSR count). The lowest BCUT2D eigenvalue weighted by Gasteiger charge is -2.02. The molecule has 0 radical (unpaired) electrons. The fourth-order valence-electron chi connectivity index (χ4n) is 2.27. The largest absolute Gasteiger partial charge is 0.478 e. The smallest absolute Gasteiger partial charge is 0.331 e. The van der Waals surface area contributed by atoms with Gasteiger partial charge in [0.2, 0.25) is 0 Å². The number of allylic oxidation sites excluding steroid dienone is 5. The van der Waals surface area contributed by atoms with Crippen molar-refractivity contribution in [2.75, 3.05) is 0 Å². The zero-order valence-electron chi connectivity index (χ0n) is 14.7. The van der Waals surface area contributed by atoms with Gasteiger partial charge in [0.1, 0.15) is 5.76 Å². The standard InChI is InChI=1S/C20H28O3/c1-15(2)7-5-9-18(20(21)22)10-6-8-16(3)11-12-19-17(4)13-14-23-19/h7,10-11,13-14H,5-6,8-9,12H2,1-4H3,(H,21,22)/b16-11+,18-10-. The highest BCUT2D eigenvalue weighted by Gasteiger charge is 2.05. The molecule has 23 heavy (non-hydrogen) atoms. The van der Waals surface area contributed by atoms with Gasteiger partial charge in [0, 0.05) is 12.0 Å². The normalized spacial score (nSPS) is 12.3. The SMILES string of the molecule is CC(C)=CCC/C(=C/CC/C(C)=C/Cc1occc1C)C(=O)O. The molecule has 1 aromatic rings. The summed E-state index contributed by atoms with van der Waals surface area (Å²) in [4.78, 5) is 11.3. The second kappa shape index (κ2) is 9.88. The highest BCUT2D eigenvalue weighted by Crippen LogP contribution is 2.15. The Bertz CT molecular complexity index is 596. The predicted octanol–water partition coefficient (Wildman–Crippen LogP) is 5.61. The molecule has 0 amide bonds. The topological polar surface area (TPSA) is 50.4 Å². The van der Waals surface area contributed by atoms with Gasteiger partial charge in [-0.1, -0.05) is 29.4 Å². The molecule has 1 N–H and O–H groups in total. The molecule has 0 saturated heterocycles. The molecule has 0 fully saturated rings. The Labute approximate surface area is 139 Å². The maximum absolute atomic E-state index is 11.3. The van der Waals surface area contributed by atoms with Gasteiger partial charge in [0.15, 0.2) is 0 Å². The van der Waals surface area contributed by atoms with Crippen LogP contribution in [0.2, 0.25) is 0 Å². The zero-order chi connectivity index (χ0) is 17.2. The Kier molecular flexibility index (Phi) is 8.17. The zero-order valence-corrected chi connectivity index (χ0v) is 14.7. The van der Waals surface area contributed by atoms with Gasteiger partial charge >= 0.3 is 5.97 Å². The number of hydrogen-bond donors (Lipinski definition) is 1. The molecule has 0 aromatic carbocycles. The summed E-state index contributed by atoms with van der Waals surface area (Å²) in [6, 6.07) is 1.97. The first-order chi connectivity index (χ1) is 10.9. The van der Waals surface area contributed by atoms with Crippen molar-refractivity contribution in [2.45, 2.75) is 59.8 Å². The van der Waals surface area contributed by atoms with Crippen LogP contribution in [-0.2, 0) is 11.2 Å². The molecule has 1 aromatic heterocycles. The van der Waals surface area contributed by atoms with Crippen molar-refractivity contribution >= 4 is 5.97 Å². The van der Waals surface area contributed by atoms with Crippen molar-refractivity contribution in [1.82, 2.24) is 0 Å². The van der Waals surface area contributed by atoms with E-state index in [9.17, 15) is 9.90 Å². The van der Waals surface area contributed by atoms with Crippen molar-refractivity contribution in [1.29, 1.82) is 0 Å². The van der Waals surface area contributed by atoms with Crippen LogP contribution in [0.1, 0.15) is 57.8 Å². The first kappa shape index (κ1) is 19.0. The number of carbonyl (C=O) groups is 1. The van der Waals surface area contributed by atoms with Crippen LogP contribution in [0.4, 0.5) is 0 Å². The van der Waals surface area contributed by atoms with Crippen LogP contribution in [0.3, 0.4) is 0 Å². The van der Waals surface area contributed by atoms with Crippen molar-refractivity contribution in [3.8, 4) is 0 Å². The molecule has 126 valence electrons. The van der Waals surface area contributed by atoms with E-state index < -0.39 is 5.97 Å². The van der Waals surface area contributed by atoms with E-state index in [-0.39, 0.29) is 0 Å². The fourth-order valence-corrected chi connectivity index (χ4v) is 2.27. The van der Waals surface area contributed by atoms with Gasteiger partial charge in [0.25, 0.3) is 0 Å². The summed E-state index contributed by atoms with van der Waals surface area (Å²) in [5.41, 5.74) is 4.16. The van der Waals surface area contributed by atoms with Crippen molar-refractivity contribution in [3.63, 3.8) is 0 Å². The van der Waals surface area contributed by atoms with Crippen LogP contribution in [0.15, 0.2) is 51.7 Å². The van der Waals surface area contributed by atoms with Gasteiger partial charge in [-0.2, -0.15) is 0 Å². The van der Waals surface area contributed by atoms with Crippen LogP contribution < -0.4 is 0 Å². The Balaban J connectivity index is 2.48. The van der Waals surface area contributed by atoms with Gasteiger partial charge in [-0.15, -0.1) is 0 Å². The third-order valence-corrected chi connectivity index (χ3v) is 3.77. The van der Waals surface area contributed by atoms with Crippen LogP contribution in [0, 0.1) is 6.92 Å². The molecule has 0 atom stereocenters. The molecule has 3 heteroatoms. The summed E-state index contributed by atoms with van der Waals surface area (Å²) in [6.07, 6.45) is 11.6. The number of furan rings is 1. The van der Waals surface area contributed by atoms with Crippen LogP contribution in [-0.4, -0.2) is 11.1 Å². The summed E-state index contributed by atoms with van der Waals surface area (Å²) in [5.74, 6) is 0.188. The monoisotopic (exact) mass is 316 g/mol. The number of aliphatic carboxylic acids is 1. The third kappa shape index (κ3) is 7.68. The Hall–Kier alpha value is -2.03. The summed E-state index contributed by atoms with van der Waals surface area (Å²) < 4.78 is 5.41. The molecular weight excluding hydrogens is 288 g/mol. The first-order valence-electron chi connectivity index (χ1n) is 8.14. The molecule has 0 saturated carbocycles. The Morgan fingerprint density at radius 1 is 1.13 bits per heavy atom. The Morgan fingerprint density at radius 2 is 1.83 bits per heavy atom. The number of carboxylic acid groups (broad SMARTS) is 1. The van der Waals surface area contributed by atoms with E-state index in [1.165, 1.54) is 16.7 Å². The molecule has 1 heterocycles. The average Bonchev–Trinajstić information content (AvgIpc) is 2.88. The second-order valence-corrected chi connectivity index (χ2v) is 6.17. The molecular formula is C20H28O3. The maximum Gasteiger partial charge on any atom is 0.331 e. The highest BCUT2D eigenvalue weighted by molar-refractivity contribution is 5.86. The van der Waals surface area contributed by atoms with E-state index in [4.69, 9.17) is 4.42 Å². The second-order valence-electron chi connectivity index (χ2n) is 6.17. The number of hydrogen-bond acceptors (Lipinski definition) is 2. The molecule has 0 aliphatic rings. The molecule has 0 aliphatic heterocycles. The quantitative estimate of drug-likeness (QED) is 0.475. The van der Waals surface area contributed by atoms with E-state index >= 15 is 0 Å². The maximum atomic E-state index is 11.3. The number of rotatable bonds is 9. The van der Waals surface area contributed by atoms with Crippen LogP contribution in [0.5, 0.6) is 0 Å². The summed E-state index contributed by atoms with van der Waals surface area (Å²) in [6.45, 7) is 8.17. The van der Waals surface area contributed by atoms with Gasteiger partial charge in [-0.05, 0) is 65.0 Å². The summed E-state index contributed by atoms with van der Waals surface area (Å²) in [5, 5.41) is 9.25. The van der Waals surface area contributed by atoms with Crippen molar-refractivity contribution in [2.24, 2.45) is 0 Å². The third-order valence-electron chi connectivity index (χ3n) is 3.77. The lowest BCUT2D eigenvalue weighted by Crippen LogP contribution is -2.00. The summed E-state index contributed by atoms with van der Waals surface area (Å²) in [7, 11) is 0. The highest BCUT2D eigenvalue weighted by atomic mass is 16.4. The van der Waals surface area contributed by atoms with E-state index in [1.54, 1.807) is 6.26 Å². The summed E-state index contributed by atoms with van der Waals surface area (Å²) >= 11 is 0. The van der Waals surface area contributed by atoms with Gasteiger partial charge in [-0.3, -0.25) is 0 Å². The van der Waals surface area contributed by atoms with Crippen LogP contribution in [0.25, 0.3) is 0 Å². The van der Waals surface area contributed by atoms with Crippen LogP contribution >= 0.6 is 0 Å². The average molecular weight is 316 g/mol. The predicted molar refractivity (Wildman–Crippen MR) is 94.5 cm³/mol. The lowest BCUT2D eigenvalue weighted by atomic mass is 10.0. The van der Waals surface area contributed by atoms with Crippen molar-refractivity contribution < 1.29 is 14.3 Å². The lowest BCUT2D eigenvalue weighted by molar-refractivity contribution is -0.132. The van der Waals surface area contributed by atoms with E-state index in [2.05, 4.69) is 19.1 Å². The van der Waals surface area contributed by atoms with E-state index in [1.807, 2.05) is 32.9 Å². The van der Waals surface area contributed by atoms with Crippen molar-refractivity contribution in [3.05, 3.63) is 58.6 Å². The van der Waals surface area contributed by atoms with E-state index in [0.29, 0.717) is 12.0 Å². The van der Waals surface area contributed by atoms with Gasteiger partial charge in [0.05, 0.1) is 6.26 Å². The molecule has 0 unspecified atom stereocenters. The fraction of sp³-hybridized carbons (Fsp3) is 0.450. The first-order valence-corrected chi connectivity index (χ1v) is 8.14. The van der Waals surface area contributed by atoms with E-state index in [0.717, 1.165) is 31.4 Å². The minimum atomic E-state index is -0.806.